The molecule has 3 heteroatoms. The number of methoxy groups -OCH3 is 1. The fraction of sp³-hybridized carbons (Fsp3) is 0.750. The normalized spacial score (nSPS) is 7.00. The number of ether oxygens (including phenoxy) is 1. The molecule has 0 saturated heterocycles. The molecule has 0 aliphatic heterocycles. The van der Waals surface area contributed by atoms with E-state index in [9.17, 15) is 4.79 Å². The molecule has 0 aromatic carbocycles. The number of carbonyl (C=O) groups is 1. The molecule has 0 heterocycles. The van der Waals surface area contributed by atoms with E-state index in [1.54, 1.807) is 7.11 Å². The van der Waals surface area contributed by atoms with Gasteiger partial charge >= 0.3 is 37.7 Å². The molecule has 2 nitrogen and oxygen atoms in total. The van der Waals surface area contributed by atoms with Crippen molar-refractivity contribution in [1.82, 2.24) is 0 Å². The van der Waals surface area contributed by atoms with E-state index >= 15 is 0 Å². The predicted octanol–water partition coefficient (Wildman–Crippen LogP) is -0.694. The Morgan fingerprint density at radius 1 is 1.71 bits per heavy atom. The van der Waals surface area contributed by atoms with E-state index in [2.05, 4.69) is 4.74 Å². The van der Waals surface area contributed by atoms with Crippen molar-refractivity contribution in [3.8, 4) is 0 Å². The van der Waals surface area contributed by atoms with Crippen molar-refractivity contribution >= 4 is 44.0 Å². The molecule has 0 rings (SSSR count). The van der Waals surface area contributed by atoms with E-state index < -0.39 is 0 Å². The maximum absolute atomic E-state index is 9.48. The van der Waals surface area contributed by atoms with Crippen LogP contribution in [0.1, 0.15) is 6.42 Å². The standard InChI is InChI=1S/C4H8O2.Ca.2H/c1-6-4-2-3-5;;;/h3H,2,4H2,1H3;;;. The quantitative estimate of drug-likeness (QED) is 0.287. The molecular weight excluding hydrogens is 120 g/mol. The van der Waals surface area contributed by atoms with Gasteiger partial charge in [-0.05, 0) is 0 Å². The average molecular weight is 130 g/mol. The Balaban J connectivity index is 0. The Morgan fingerprint density at radius 3 is 2.43 bits per heavy atom. The third-order valence-electron chi connectivity index (χ3n) is 0.440. The zero-order valence-electron chi connectivity index (χ0n) is 3.81. The molecular formula is C4H10CaO2. The Bertz CT molecular complexity index is 38.7. The molecule has 0 unspecified atom stereocenters. The minimum atomic E-state index is 0. The first kappa shape index (κ1) is 10.8. The van der Waals surface area contributed by atoms with Crippen LogP contribution in [0, 0.1) is 0 Å². The van der Waals surface area contributed by atoms with Crippen LogP contribution in [0.2, 0.25) is 0 Å². The van der Waals surface area contributed by atoms with Gasteiger partial charge in [0.05, 0.1) is 6.61 Å². The SMILES string of the molecule is COCCC=O.[CaH2]. The number of carbonyl (C=O) groups excluding carboxylic acids is 1. The molecule has 0 radical (unpaired) electrons. The summed E-state index contributed by atoms with van der Waals surface area (Å²) in [6.07, 6.45) is 1.35. The molecule has 0 spiro atoms. The van der Waals surface area contributed by atoms with Crippen LogP contribution in [0.15, 0.2) is 0 Å². The van der Waals surface area contributed by atoms with Gasteiger partial charge in [-0.3, -0.25) is 0 Å². The van der Waals surface area contributed by atoms with E-state index in [0.717, 1.165) is 6.29 Å². The van der Waals surface area contributed by atoms with Crippen LogP contribution in [0.25, 0.3) is 0 Å². The zero-order valence-corrected chi connectivity index (χ0v) is 3.81. The summed E-state index contributed by atoms with van der Waals surface area (Å²) in [7, 11) is 1.57. The first-order chi connectivity index (χ1) is 2.91. The molecule has 0 atom stereocenters. The molecule has 0 bridgehead atoms. The predicted molar refractivity (Wildman–Crippen MR) is 31.1 cm³/mol. The van der Waals surface area contributed by atoms with Gasteiger partial charge in [0.1, 0.15) is 6.29 Å². The van der Waals surface area contributed by atoms with Gasteiger partial charge in [-0.15, -0.1) is 0 Å². The Labute approximate surface area is 73.2 Å². The first-order valence-electron chi connectivity index (χ1n) is 1.84. The minimum absolute atomic E-state index is 0. The van der Waals surface area contributed by atoms with Crippen molar-refractivity contribution < 1.29 is 9.53 Å². The fourth-order valence-corrected chi connectivity index (χ4v) is 0.166. The van der Waals surface area contributed by atoms with Crippen LogP contribution in [0.3, 0.4) is 0 Å². The zero-order chi connectivity index (χ0) is 4.83. The van der Waals surface area contributed by atoms with Gasteiger partial charge in [0.25, 0.3) is 0 Å². The van der Waals surface area contributed by atoms with Crippen molar-refractivity contribution in [3.05, 3.63) is 0 Å². The number of hydrogen-bond acceptors (Lipinski definition) is 2. The average Bonchev–Trinajstić information content (AvgIpc) is 1.61. The molecule has 0 aliphatic carbocycles. The van der Waals surface area contributed by atoms with Gasteiger partial charge in [-0.2, -0.15) is 0 Å². The Hall–Kier alpha value is 0.890. The van der Waals surface area contributed by atoms with Gasteiger partial charge in [-0.25, -0.2) is 0 Å². The monoisotopic (exact) mass is 130 g/mol. The summed E-state index contributed by atoms with van der Waals surface area (Å²) < 4.78 is 4.55. The van der Waals surface area contributed by atoms with Gasteiger partial charge in [0, 0.05) is 13.5 Å². The van der Waals surface area contributed by atoms with E-state index in [4.69, 9.17) is 0 Å². The third-order valence-corrected chi connectivity index (χ3v) is 0.440. The van der Waals surface area contributed by atoms with E-state index in [0.29, 0.717) is 13.0 Å². The molecule has 0 saturated carbocycles. The van der Waals surface area contributed by atoms with Crippen molar-refractivity contribution in [1.29, 1.82) is 0 Å². The van der Waals surface area contributed by atoms with Crippen molar-refractivity contribution in [2.24, 2.45) is 0 Å². The van der Waals surface area contributed by atoms with Crippen LogP contribution in [0.5, 0.6) is 0 Å². The Kier molecular flexibility index (Phi) is 15.4. The van der Waals surface area contributed by atoms with Gasteiger partial charge in [0.2, 0.25) is 0 Å². The summed E-state index contributed by atoms with van der Waals surface area (Å²) >= 11 is 0. The molecule has 40 valence electrons. The number of rotatable bonds is 3. The van der Waals surface area contributed by atoms with E-state index in [1.807, 2.05) is 0 Å². The van der Waals surface area contributed by atoms with Gasteiger partial charge in [0.15, 0.2) is 0 Å². The van der Waals surface area contributed by atoms with Crippen LogP contribution < -0.4 is 0 Å². The van der Waals surface area contributed by atoms with Crippen molar-refractivity contribution in [2.45, 2.75) is 6.42 Å². The molecule has 0 aromatic heterocycles. The topological polar surface area (TPSA) is 26.3 Å². The molecule has 0 aromatic rings. The second-order valence-electron chi connectivity index (χ2n) is 0.948. The second-order valence-corrected chi connectivity index (χ2v) is 0.948. The van der Waals surface area contributed by atoms with Gasteiger partial charge in [-0.1, -0.05) is 0 Å². The summed E-state index contributed by atoms with van der Waals surface area (Å²) in [6.45, 7) is 0.545. The third kappa shape index (κ3) is 10.9. The first-order valence-corrected chi connectivity index (χ1v) is 1.84. The van der Waals surface area contributed by atoms with Crippen LogP contribution >= 0.6 is 0 Å². The van der Waals surface area contributed by atoms with E-state index in [1.165, 1.54) is 0 Å². The molecule has 7 heavy (non-hydrogen) atoms. The summed E-state index contributed by atoms with van der Waals surface area (Å²) in [5, 5.41) is 0. The van der Waals surface area contributed by atoms with E-state index in [-0.39, 0.29) is 37.7 Å². The second kappa shape index (κ2) is 10.00. The van der Waals surface area contributed by atoms with Crippen molar-refractivity contribution in [3.63, 3.8) is 0 Å². The van der Waals surface area contributed by atoms with Crippen LogP contribution in [-0.4, -0.2) is 57.7 Å². The van der Waals surface area contributed by atoms with Crippen molar-refractivity contribution in [2.75, 3.05) is 13.7 Å². The van der Waals surface area contributed by atoms with Gasteiger partial charge < -0.3 is 9.53 Å². The molecule has 0 aliphatic rings. The maximum atomic E-state index is 9.48. The molecule has 0 fully saturated rings. The van der Waals surface area contributed by atoms with Crippen LogP contribution in [-0.2, 0) is 9.53 Å². The fourth-order valence-electron chi connectivity index (χ4n) is 0.166. The number of hydrogen-bond donors (Lipinski definition) is 0. The molecule has 0 amide bonds. The van der Waals surface area contributed by atoms with Crippen LogP contribution in [0.4, 0.5) is 0 Å². The summed E-state index contributed by atoms with van der Waals surface area (Å²) in [4.78, 5) is 9.48. The summed E-state index contributed by atoms with van der Waals surface area (Å²) in [6, 6.07) is 0. The summed E-state index contributed by atoms with van der Waals surface area (Å²) in [5.41, 5.74) is 0. The Morgan fingerprint density at radius 2 is 2.29 bits per heavy atom. The number of aldehydes is 1. The summed E-state index contributed by atoms with van der Waals surface area (Å²) in [5.74, 6) is 0. The molecule has 0 N–H and O–H groups in total.